The fraction of sp³-hybridized carbons (Fsp3) is 1.00. The first-order valence-corrected chi connectivity index (χ1v) is 6.84. The van der Waals surface area contributed by atoms with Gasteiger partial charge in [-0.3, -0.25) is 0 Å². The second-order valence-electron chi connectivity index (χ2n) is 4.49. The number of aliphatic hydroxyl groups excluding tert-OH is 2. The molecule has 0 amide bonds. The molecule has 17 heavy (non-hydrogen) atoms. The second-order valence-corrected chi connectivity index (χ2v) is 4.49. The molecule has 0 saturated carbocycles. The standard InChI is InChI=1S/C13H29NO3/c1-3-5-6-7-8-17-11-13(16)9-14-12(4-2)10-15/h12-16H,3-11H2,1-2H3. The van der Waals surface area contributed by atoms with Gasteiger partial charge in [0.2, 0.25) is 0 Å². The molecule has 0 fully saturated rings. The average Bonchev–Trinajstić information content (AvgIpc) is 2.35. The van der Waals surface area contributed by atoms with Crippen molar-refractivity contribution >= 4 is 0 Å². The minimum Gasteiger partial charge on any atom is -0.395 e. The molecule has 104 valence electrons. The zero-order valence-electron chi connectivity index (χ0n) is 11.3. The van der Waals surface area contributed by atoms with Crippen LogP contribution in [-0.4, -0.2) is 48.7 Å². The molecule has 0 aliphatic heterocycles. The van der Waals surface area contributed by atoms with Crippen molar-refractivity contribution in [2.24, 2.45) is 0 Å². The van der Waals surface area contributed by atoms with Crippen LogP contribution in [0.3, 0.4) is 0 Å². The number of aliphatic hydroxyl groups is 2. The Kier molecular flexibility index (Phi) is 12.2. The van der Waals surface area contributed by atoms with Crippen molar-refractivity contribution in [3.05, 3.63) is 0 Å². The number of ether oxygens (including phenoxy) is 1. The van der Waals surface area contributed by atoms with Crippen LogP contribution in [0.15, 0.2) is 0 Å². The lowest BCUT2D eigenvalue weighted by Crippen LogP contribution is -2.39. The van der Waals surface area contributed by atoms with Crippen molar-refractivity contribution in [1.82, 2.24) is 5.32 Å². The van der Waals surface area contributed by atoms with Crippen LogP contribution in [-0.2, 0) is 4.74 Å². The Balaban J connectivity index is 3.30. The van der Waals surface area contributed by atoms with Gasteiger partial charge in [0.05, 0.1) is 19.3 Å². The molecule has 0 spiro atoms. The van der Waals surface area contributed by atoms with Gasteiger partial charge < -0.3 is 20.3 Å². The zero-order chi connectivity index (χ0) is 12.9. The predicted octanol–water partition coefficient (Wildman–Crippen LogP) is 1.30. The Morgan fingerprint density at radius 3 is 2.53 bits per heavy atom. The molecule has 0 saturated heterocycles. The highest BCUT2D eigenvalue weighted by Gasteiger charge is 2.08. The Bertz CT molecular complexity index is 152. The summed E-state index contributed by atoms with van der Waals surface area (Å²) in [6.45, 7) is 5.89. The van der Waals surface area contributed by atoms with Crippen LogP contribution in [0.5, 0.6) is 0 Å². The van der Waals surface area contributed by atoms with E-state index in [2.05, 4.69) is 12.2 Å². The summed E-state index contributed by atoms with van der Waals surface area (Å²) in [6.07, 6.45) is 5.13. The van der Waals surface area contributed by atoms with Gasteiger partial charge in [-0.25, -0.2) is 0 Å². The van der Waals surface area contributed by atoms with E-state index in [-0.39, 0.29) is 12.6 Å². The van der Waals surface area contributed by atoms with Crippen molar-refractivity contribution < 1.29 is 14.9 Å². The molecule has 4 nitrogen and oxygen atoms in total. The fourth-order valence-corrected chi connectivity index (χ4v) is 1.55. The van der Waals surface area contributed by atoms with Gasteiger partial charge in [-0.05, 0) is 12.8 Å². The molecule has 0 bridgehead atoms. The molecule has 4 heteroatoms. The van der Waals surface area contributed by atoms with Gasteiger partial charge >= 0.3 is 0 Å². The number of rotatable bonds is 12. The summed E-state index contributed by atoms with van der Waals surface area (Å²) < 4.78 is 5.39. The predicted molar refractivity (Wildman–Crippen MR) is 70.1 cm³/mol. The third kappa shape index (κ3) is 10.7. The first-order valence-electron chi connectivity index (χ1n) is 6.84. The Morgan fingerprint density at radius 2 is 1.94 bits per heavy atom. The van der Waals surface area contributed by atoms with E-state index in [1.807, 2.05) is 6.92 Å². The quantitative estimate of drug-likeness (QED) is 0.455. The van der Waals surface area contributed by atoms with Crippen LogP contribution in [0.4, 0.5) is 0 Å². The van der Waals surface area contributed by atoms with Crippen LogP contribution in [0, 0.1) is 0 Å². The topological polar surface area (TPSA) is 61.7 Å². The maximum Gasteiger partial charge on any atom is 0.0897 e. The fourth-order valence-electron chi connectivity index (χ4n) is 1.55. The van der Waals surface area contributed by atoms with Crippen molar-refractivity contribution in [2.45, 2.75) is 58.1 Å². The highest BCUT2D eigenvalue weighted by molar-refractivity contribution is 4.66. The van der Waals surface area contributed by atoms with Gasteiger partial charge in [-0.1, -0.05) is 33.1 Å². The van der Waals surface area contributed by atoms with Crippen molar-refractivity contribution in [2.75, 3.05) is 26.4 Å². The molecule has 0 radical (unpaired) electrons. The summed E-state index contributed by atoms with van der Waals surface area (Å²) in [5, 5.41) is 21.7. The molecule has 3 N–H and O–H groups in total. The lowest BCUT2D eigenvalue weighted by Gasteiger charge is -2.17. The summed E-state index contributed by atoms with van der Waals surface area (Å²) in [5.74, 6) is 0. The first-order chi connectivity index (χ1) is 8.24. The molecule has 0 heterocycles. The summed E-state index contributed by atoms with van der Waals surface area (Å²) in [5.41, 5.74) is 0. The van der Waals surface area contributed by atoms with E-state index in [1.165, 1.54) is 19.3 Å². The first kappa shape index (κ1) is 16.8. The van der Waals surface area contributed by atoms with E-state index in [9.17, 15) is 5.11 Å². The van der Waals surface area contributed by atoms with Gasteiger partial charge in [0, 0.05) is 19.2 Å². The Labute approximate surface area is 105 Å². The number of hydrogen-bond donors (Lipinski definition) is 3. The van der Waals surface area contributed by atoms with E-state index in [1.54, 1.807) is 0 Å². The molecule has 0 aromatic carbocycles. The van der Waals surface area contributed by atoms with Crippen LogP contribution >= 0.6 is 0 Å². The van der Waals surface area contributed by atoms with Crippen LogP contribution in [0.2, 0.25) is 0 Å². The molecule has 0 aromatic heterocycles. The third-order valence-electron chi connectivity index (χ3n) is 2.81. The molecule has 2 unspecified atom stereocenters. The van der Waals surface area contributed by atoms with E-state index in [0.29, 0.717) is 13.2 Å². The SMILES string of the molecule is CCCCCCOCC(O)CNC(CC)CO. The summed E-state index contributed by atoms with van der Waals surface area (Å²) in [7, 11) is 0. The van der Waals surface area contributed by atoms with Crippen LogP contribution in [0.25, 0.3) is 0 Å². The second kappa shape index (κ2) is 12.3. The molecule has 0 aliphatic rings. The molecule has 0 rings (SSSR count). The Morgan fingerprint density at radius 1 is 1.18 bits per heavy atom. The molecule has 0 aromatic rings. The lowest BCUT2D eigenvalue weighted by molar-refractivity contribution is 0.0329. The lowest BCUT2D eigenvalue weighted by atomic mass is 10.2. The normalized spacial score (nSPS) is 14.8. The number of nitrogens with one attached hydrogen (secondary N) is 1. The maximum atomic E-state index is 9.62. The maximum absolute atomic E-state index is 9.62. The van der Waals surface area contributed by atoms with Gasteiger partial charge in [0.25, 0.3) is 0 Å². The molecule has 0 aliphatic carbocycles. The Hall–Kier alpha value is -0.160. The van der Waals surface area contributed by atoms with Crippen molar-refractivity contribution in [1.29, 1.82) is 0 Å². The van der Waals surface area contributed by atoms with Gasteiger partial charge in [-0.2, -0.15) is 0 Å². The highest BCUT2D eigenvalue weighted by Crippen LogP contribution is 1.99. The monoisotopic (exact) mass is 247 g/mol. The smallest absolute Gasteiger partial charge is 0.0897 e. The van der Waals surface area contributed by atoms with E-state index < -0.39 is 6.10 Å². The largest absolute Gasteiger partial charge is 0.395 e. The number of hydrogen-bond acceptors (Lipinski definition) is 4. The minimum absolute atomic E-state index is 0.0780. The molecular formula is C13H29NO3. The molecule has 2 atom stereocenters. The summed E-state index contributed by atoms with van der Waals surface area (Å²) in [4.78, 5) is 0. The summed E-state index contributed by atoms with van der Waals surface area (Å²) >= 11 is 0. The van der Waals surface area contributed by atoms with Crippen molar-refractivity contribution in [3.63, 3.8) is 0 Å². The van der Waals surface area contributed by atoms with Crippen molar-refractivity contribution in [3.8, 4) is 0 Å². The summed E-state index contributed by atoms with van der Waals surface area (Å²) in [6, 6.07) is 0.0780. The van der Waals surface area contributed by atoms with Gasteiger partial charge in [0.1, 0.15) is 0 Å². The zero-order valence-corrected chi connectivity index (χ0v) is 11.3. The van der Waals surface area contributed by atoms with Crippen LogP contribution < -0.4 is 5.32 Å². The van der Waals surface area contributed by atoms with E-state index >= 15 is 0 Å². The third-order valence-corrected chi connectivity index (χ3v) is 2.81. The molecular weight excluding hydrogens is 218 g/mol. The van der Waals surface area contributed by atoms with Gasteiger partial charge in [-0.15, -0.1) is 0 Å². The van der Waals surface area contributed by atoms with E-state index in [0.717, 1.165) is 19.4 Å². The van der Waals surface area contributed by atoms with Crippen LogP contribution in [0.1, 0.15) is 46.0 Å². The minimum atomic E-state index is -0.484. The average molecular weight is 247 g/mol. The number of unbranched alkanes of at least 4 members (excludes halogenated alkanes) is 3. The highest BCUT2D eigenvalue weighted by atomic mass is 16.5. The van der Waals surface area contributed by atoms with Gasteiger partial charge in [0.15, 0.2) is 0 Å². The van der Waals surface area contributed by atoms with E-state index in [4.69, 9.17) is 9.84 Å².